The number of nitrogens with two attached hydrogens (primary N) is 2. The summed E-state index contributed by atoms with van der Waals surface area (Å²) in [5.41, 5.74) is 10.3. The number of piperidine rings is 1. The van der Waals surface area contributed by atoms with Crippen molar-refractivity contribution in [2.24, 2.45) is 11.7 Å². The zero-order valence-corrected chi connectivity index (χ0v) is 20.8. The number of rotatable bonds is 10. The molecule has 1 amide bonds. The van der Waals surface area contributed by atoms with Gasteiger partial charge >= 0.3 is 6.18 Å². The van der Waals surface area contributed by atoms with Crippen molar-refractivity contribution in [2.45, 2.75) is 37.5 Å². The lowest BCUT2D eigenvalue weighted by Gasteiger charge is -2.42. The molecule has 1 aromatic carbocycles. The lowest BCUT2D eigenvalue weighted by molar-refractivity contribution is -0.137. The molecule has 3 rings (SSSR count). The minimum absolute atomic E-state index is 0.0405. The van der Waals surface area contributed by atoms with Gasteiger partial charge in [-0.3, -0.25) is 4.79 Å². The molecule has 0 saturated carbocycles. The SMILES string of the molecule is CN(CCCC(C=O)Nc1cc(Cl)cc(C(F)(F)F)c1)C1CN(c2ncnc(N)c2F)CC[C@@H]1C(N)=O. The maximum atomic E-state index is 14.5. The van der Waals surface area contributed by atoms with Crippen molar-refractivity contribution in [1.29, 1.82) is 0 Å². The van der Waals surface area contributed by atoms with Gasteiger partial charge in [-0.15, -0.1) is 0 Å². The molecule has 2 heterocycles. The number of primary amides is 1. The fraction of sp³-hybridized carbons (Fsp3) is 0.478. The van der Waals surface area contributed by atoms with E-state index in [1.807, 2.05) is 4.90 Å². The second kappa shape index (κ2) is 11.9. The molecule has 1 aliphatic heterocycles. The monoisotopic (exact) mass is 545 g/mol. The molecule has 1 saturated heterocycles. The second-order valence-electron chi connectivity index (χ2n) is 8.94. The molecule has 37 heavy (non-hydrogen) atoms. The Hall–Kier alpha value is -3.19. The normalized spacial score (nSPS) is 19.1. The zero-order valence-electron chi connectivity index (χ0n) is 20.0. The van der Waals surface area contributed by atoms with Crippen LogP contribution < -0.4 is 21.7 Å². The summed E-state index contributed by atoms with van der Waals surface area (Å²) in [5, 5.41) is 2.67. The number of anilines is 3. The van der Waals surface area contributed by atoms with Crippen LogP contribution in [-0.2, 0) is 15.8 Å². The van der Waals surface area contributed by atoms with Crippen LogP contribution in [0.25, 0.3) is 0 Å². The van der Waals surface area contributed by atoms with E-state index in [2.05, 4.69) is 15.3 Å². The van der Waals surface area contributed by atoms with Gasteiger partial charge in [-0.25, -0.2) is 9.97 Å². The highest BCUT2D eigenvalue weighted by Gasteiger charge is 2.37. The predicted molar refractivity (Wildman–Crippen MR) is 131 cm³/mol. The van der Waals surface area contributed by atoms with Gasteiger partial charge in [0.1, 0.15) is 12.6 Å². The number of hydrogen-bond donors (Lipinski definition) is 3. The molecule has 1 aliphatic rings. The summed E-state index contributed by atoms with van der Waals surface area (Å²) < 4.78 is 53.7. The third kappa shape index (κ3) is 7.19. The van der Waals surface area contributed by atoms with Crippen molar-refractivity contribution in [3.8, 4) is 0 Å². The van der Waals surface area contributed by atoms with Crippen LogP contribution in [0, 0.1) is 11.7 Å². The van der Waals surface area contributed by atoms with E-state index in [1.165, 1.54) is 6.07 Å². The number of benzene rings is 1. The minimum Gasteiger partial charge on any atom is -0.381 e. The van der Waals surface area contributed by atoms with Gasteiger partial charge in [0.25, 0.3) is 0 Å². The highest BCUT2D eigenvalue weighted by molar-refractivity contribution is 6.31. The Morgan fingerprint density at radius 2 is 2.08 bits per heavy atom. The summed E-state index contributed by atoms with van der Waals surface area (Å²) in [4.78, 5) is 34.9. The summed E-state index contributed by atoms with van der Waals surface area (Å²) >= 11 is 5.81. The Bertz CT molecular complexity index is 1120. The van der Waals surface area contributed by atoms with Crippen LogP contribution in [-0.4, -0.2) is 65.8 Å². The molecule has 0 spiro atoms. The number of nitrogens with one attached hydrogen (secondary N) is 1. The minimum atomic E-state index is -4.58. The Kier molecular flexibility index (Phi) is 9.13. The van der Waals surface area contributed by atoms with Crippen molar-refractivity contribution >= 4 is 41.1 Å². The van der Waals surface area contributed by atoms with Gasteiger partial charge in [0, 0.05) is 29.8 Å². The van der Waals surface area contributed by atoms with E-state index in [-0.39, 0.29) is 34.9 Å². The van der Waals surface area contributed by atoms with Crippen molar-refractivity contribution in [3.05, 3.63) is 40.9 Å². The van der Waals surface area contributed by atoms with Gasteiger partial charge < -0.3 is 31.4 Å². The van der Waals surface area contributed by atoms with E-state index in [1.54, 1.807) is 11.9 Å². The van der Waals surface area contributed by atoms with Gasteiger partial charge in [0.15, 0.2) is 11.6 Å². The lowest BCUT2D eigenvalue weighted by Crippen LogP contribution is -2.55. The van der Waals surface area contributed by atoms with E-state index in [0.29, 0.717) is 38.6 Å². The molecular formula is C23H28ClF4N7O2. The number of carbonyl (C=O) groups excluding carboxylic acids is 2. The van der Waals surface area contributed by atoms with Gasteiger partial charge in [0.05, 0.1) is 17.5 Å². The summed E-state index contributed by atoms with van der Waals surface area (Å²) in [6.07, 6.45) is -1.65. The first-order valence-electron chi connectivity index (χ1n) is 11.5. The highest BCUT2D eigenvalue weighted by atomic mass is 35.5. The van der Waals surface area contributed by atoms with Crippen LogP contribution in [0.5, 0.6) is 0 Å². The van der Waals surface area contributed by atoms with E-state index in [4.69, 9.17) is 23.1 Å². The average Bonchev–Trinajstić information content (AvgIpc) is 2.83. The number of nitrogens with zero attached hydrogens (tertiary/aromatic N) is 4. The van der Waals surface area contributed by atoms with Crippen LogP contribution in [0.1, 0.15) is 24.8 Å². The number of likely N-dealkylation sites (N-methyl/N-ethyl adjacent to an activating group) is 1. The topological polar surface area (TPSA) is 130 Å². The Morgan fingerprint density at radius 1 is 1.35 bits per heavy atom. The van der Waals surface area contributed by atoms with E-state index in [9.17, 15) is 27.2 Å². The van der Waals surface area contributed by atoms with Gasteiger partial charge in [-0.1, -0.05) is 11.6 Å². The standard InChI is InChI=1S/C23H28ClF4N7O2/c1-34(5-2-3-15(11-36)33-16-8-13(23(26,27)28)7-14(24)9-16)18-10-35(6-4-17(18)21(30)37)22-19(25)20(29)31-12-32-22/h7-9,11-12,15,17-18,33H,2-6,10H2,1H3,(H2,30,37)(H2,29,31,32)/t15?,17-,18?/m0/s1. The summed E-state index contributed by atoms with van der Waals surface area (Å²) in [7, 11) is 1.78. The number of aromatic nitrogens is 2. The summed E-state index contributed by atoms with van der Waals surface area (Å²) in [6.45, 7) is 1.05. The molecule has 2 unspecified atom stereocenters. The van der Waals surface area contributed by atoms with Crippen molar-refractivity contribution in [3.63, 3.8) is 0 Å². The molecule has 14 heteroatoms. The number of halogens is 5. The quantitative estimate of drug-likeness (QED) is 0.307. The number of aldehydes is 1. The first-order chi connectivity index (χ1) is 17.4. The Labute approximate surface area is 216 Å². The number of nitrogen functional groups attached to an aromatic ring is 1. The third-order valence-corrected chi connectivity index (χ3v) is 6.60. The second-order valence-corrected chi connectivity index (χ2v) is 9.38. The van der Waals surface area contributed by atoms with Crippen LogP contribution >= 0.6 is 11.6 Å². The van der Waals surface area contributed by atoms with Crippen molar-refractivity contribution in [2.75, 3.05) is 42.6 Å². The smallest absolute Gasteiger partial charge is 0.381 e. The number of amides is 1. The average molecular weight is 546 g/mol. The first-order valence-corrected chi connectivity index (χ1v) is 11.9. The van der Waals surface area contributed by atoms with Crippen LogP contribution in [0.3, 0.4) is 0 Å². The first kappa shape index (κ1) is 28.4. The lowest BCUT2D eigenvalue weighted by atomic mass is 9.89. The molecule has 0 aliphatic carbocycles. The fourth-order valence-electron chi connectivity index (χ4n) is 4.45. The highest BCUT2D eigenvalue weighted by Crippen LogP contribution is 2.33. The van der Waals surface area contributed by atoms with Crippen LogP contribution in [0.15, 0.2) is 24.5 Å². The van der Waals surface area contributed by atoms with E-state index < -0.39 is 35.4 Å². The molecule has 9 nitrogen and oxygen atoms in total. The molecule has 3 atom stereocenters. The van der Waals surface area contributed by atoms with Crippen molar-refractivity contribution in [1.82, 2.24) is 14.9 Å². The van der Waals surface area contributed by atoms with Crippen LogP contribution in [0.4, 0.5) is 34.9 Å². The third-order valence-electron chi connectivity index (χ3n) is 6.38. The van der Waals surface area contributed by atoms with Crippen molar-refractivity contribution < 1.29 is 27.2 Å². The van der Waals surface area contributed by atoms with Gasteiger partial charge in [0.2, 0.25) is 11.7 Å². The number of hydrogen-bond acceptors (Lipinski definition) is 8. The molecule has 1 aromatic heterocycles. The maximum Gasteiger partial charge on any atom is 0.416 e. The zero-order chi connectivity index (χ0) is 27.3. The summed E-state index contributed by atoms with van der Waals surface area (Å²) in [6, 6.07) is 1.88. The maximum absolute atomic E-state index is 14.5. The van der Waals surface area contributed by atoms with Crippen LogP contribution in [0.2, 0.25) is 5.02 Å². The molecule has 1 fully saturated rings. The van der Waals surface area contributed by atoms with Gasteiger partial charge in [-0.2, -0.15) is 17.6 Å². The molecule has 202 valence electrons. The number of alkyl halides is 3. The molecule has 0 radical (unpaired) electrons. The number of carbonyl (C=O) groups is 2. The summed E-state index contributed by atoms with van der Waals surface area (Å²) in [5.74, 6) is -1.94. The molecule has 2 aromatic rings. The fourth-order valence-corrected chi connectivity index (χ4v) is 4.68. The molecular weight excluding hydrogens is 518 g/mol. The Morgan fingerprint density at radius 3 is 2.73 bits per heavy atom. The molecule has 5 N–H and O–H groups in total. The Balaban J connectivity index is 1.63. The van der Waals surface area contributed by atoms with E-state index in [0.717, 1.165) is 18.5 Å². The molecule has 0 bridgehead atoms. The largest absolute Gasteiger partial charge is 0.416 e. The van der Waals surface area contributed by atoms with E-state index >= 15 is 0 Å². The predicted octanol–water partition coefficient (Wildman–Crippen LogP) is 2.94. The van der Waals surface area contributed by atoms with Gasteiger partial charge in [-0.05, 0) is 51.1 Å².